The van der Waals surface area contributed by atoms with E-state index in [0.717, 1.165) is 31.6 Å². The molecule has 2 amide bonds. The molecule has 0 aliphatic heterocycles. The molecule has 20 heavy (non-hydrogen) atoms. The fourth-order valence-corrected chi connectivity index (χ4v) is 2.80. The molecule has 0 heterocycles. The predicted molar refractivity (Wildman–Crippen MR) is 82.7 cm³/mol. The zero-order chi connectivity index (χ0) is 15.0. The number of aliphatic hydroxyl groups excluding tert-OH is 1. The number of carbonyl (C=O) groups excluding carboxylic acids is 1. The fourth-order valence-electron chi connectivity index (χ4n) is 2.80. The van der Waals surface area contributed by atoms with Crippen molar-refractivity contribution in [1.82, 2.24) is 10.6 Å². The standard InChI is InChI=1S/C16H32N2O2/c1-4-13-6-8-14(9-7-13)18-15(20)17-11-5-10-16(2,3)12-19/h13-14,19H,4-12H2,1-3H3,(H2,17,18,20). The summed E-state index contributed by atoms with van der Waals surface area (Å²) in [5.41, 5.74) is -0.0449. The maximum atomic E-state index is 11.8. The van der Waals surface area contributed by atoms with E-state index in [2.05, 4.69) is 17.6 Å². The third kappa shape index (κ3) is 6.60. The van der Waals surface area contributed by atoms with Crippen LogP contribution in [-0.4, -0.2) is 30.3 Å². The van der Waals surface area contributed by atoms with Gasteiger partial charge in [-0.2, -0.15) is 0 Å². The molecule has 118 valence electrons. The number of aliphatic hydroxyl groups is 1. The molecule has 1 aliphatic rings. The van der Waals surface area contributed by atoms with Crippen molar-refractivity contribution in [3.8, 4) is 0 Å². The zero-order valence-corrected chi connectivity index (χ0v) is 13.4. The van der Waals surface area contributed by atoms with E-state index in [-0.39, 0.29) is 18.1 Å². The van der Waals surface area contributed by atoms with Gasteiger partial charge in [0.1, 0.15) is 0 Å². The lowest BCUT2D eigenvalue weighted by Crippen LogP contribution is -2.44. The summed E-state index contributed by atoms with van der Waals surface area (Å²) >= 11 is 0. The molecule has 0 atom stereocenters. The van der Waals surface area contributed by atoms with Crippen molar-refractivity contribution in [2.75, 3.05) is 13.2 Å². The van der Waals surface area contributed by atoms with E-state index in [1.54, 1.807) is 0 Å². The minimum atomic E-state index is -0.0449. The molecule has 0 aromatic rings. The highest BCUT2D eigenvalue weighted by Gasteiger charge is 2.21. The molecule has 0 unspecified atom stereocenters. The van der Waals surface area contributed by atoms with Gasteiger partial charge in [0.2, 0.25) is 0 Å². The minimum absolute atomic E-state index is 0.0354. The van der Waals surface area contributed by atoms with Crippen LogP contribution in [0.15, 0.2) is 0 Å². The summed E-state index contributed by atoms with van der Waals surface area (Å²) in [6, 6.07) is 0.318. The SMILES string of the molecule is CCC1CCC(NC(=O)NCCCC(C)(C)CO)CC1. The molecular formula is C16H32N2O2. The maximum Gasteiger partial charge on any atom is 0.315 e. The van der Waals surface area contributed by atoms with Crippen molar-refractivity contribution < 1.29 is 9.90 Å². The lowest BCUT2D eigenvalue weighted by molar-refractivity contribution is 0.148. The smallest absolute Gasteiger partial charge is 0.315 e. The second-order valence-corrected chi connectivity index (χ2v) is 6.95. The summed E-state index contributed by atoms with van der Waals surface area (Å²) < 4.78 is 0. The second-order valence-electron chi connectivity index (χ2n) is 6.95. The highest BCUT2D eigenvalue weighted by atomic mass is 16.3. The third-order valence-corrected chi connectivity index (χ3v) is 4.50. The number of amides is 2. The summed E-state index contributed by atoms with van der Waals surface area (Å²) in [4.78, 5) is 11.8. The van der Waals surface area contributed by atoms with E-state index < -0.39 is 0 Å². The van der Waals surface area contributed by atoms with Crippen LogP contribution in [0.1, 0.15) is 65.7 Å². The van der Waals surface area contributed by atoms with Crippen LogP contribution in [0.25, 0.3) is 0 Å². The number of hydrogen-bond acceptors (Lipinski definition) is 2. The summed E-state index contributed by atoms with van der Waals surface area (Å²) in [5, 5.41) is 15.2. The number of nitrogens with one attached hydrogen (secondary N) is 2. The Morgan fingerprint density at radius 3 is 2.45 bits per heavy atom. The molecule has 0 spiro atoms. The molecule has 0 aromatic heterocycles. The van der Waals surface area contributed by atoms with Crippen molar-refractivity contribution in [2.45, 2.75) is 71.8 Å². The molecule has 0 radical (unpaired) electrons. The molecule has 3 N–H and O–H groups in total. The van der Waals surface area contributed by atoms with Crippen molar-refractivity contribution in [3.05, 3.63) is 0 Å². The monoisotopic (exact) mass is 284 g/mol. The fraction of sp³-hybridized carbons (Fsp3) is 0.938. The third-order valence-electron chi connectivity index (χ3n) is 4.50. The lowest BCUT2D eigenvalue weighted by Gasteiger charge is -2.28. The van der Waals surface area contributed by atoms with Crippen LogP contribution in [0.4, 0.5) is 4.79 Å². The normalized spacial score (nSPS) is 23.4. The van der Waals surface area contributed by atoms with Crippen LogP contribution in [0.5, 0.6) is 0 Å². The van der Waals surface area contributed by atoms with Gasteiger partial charge < -0.3 is 15.7 Å². The van der Waals surface area contributed by atoms with E-state index in [4.69, 9.17) is 5.11 Å². The Hall–Kier alpha value is -0.770. The topological polar surface area (TPSA) is 61.4 Å². The summed E-state index contributed by atoms with van der Waals surface area (Å²) in [7, 11) is 0. The van der Waals surface area contributed by atoms with Crippen molar-refractivity contribution in [3.63, 3.8) is 0 Å². The first-order valence-electron chi connectivity index (χ1n) is 8.12. The Kier molecular flexibility index (Phi) is 7.35. The quantitative estimate of drug-likeness (QED) is 0.629. The first kappa shape index (κ1) is 17.3. The largest absolute Gasteiger partial charge is 0.396 e. The van der Waals surface area contributed by atoms with Gasteiger partial charge in [0.05, 0.1) is 0 Å². The average molecular weight is 284 g/mol. The Morgan fingerprint density at radius 1 is 1.25 bits per heavy atom. The van der Waals surface area contributed by atoms with Crippen LogP contribution in [0.3, 0.4) is 0 Å². The maximum absolute atomic E-state index is 11.8. The van der Waals surface area contributed by atoms with Crippen molar-refractivity contribution >= 4 is 6.03 Å². The van der Waals surface area contributed by atoms with Crippen LogP contribution >= 0.6 is 0 Å². The van der Waals surface area contributed by atoms with Gasteiger partial charge in [-0.15, -0.1) is 0 Å². The minimum Gasteiger partial charge on any atom is -0.396 e. The summed E-state index contributed by atoms with van der Waals surface area (Å²) in [6.07, 6.45) is 7.81. The van der Waals surface area contributed by atoms with E-state index in [1.807, 2.05) is 13.8 Å². The summed E-state index contributed by atoms with van der Waals surface area (Å²) in [5.74, 6) is 0.858. The van der Waals surface area contributed by atoms with Gasteiger partial charge in [0, 0.05) is 19.2 Å². The van der Waals surface area contributed by atoms with Gasteiger partial charge in [-0.3, -0.25) is 0 Å². The molecule has 4 nitrogen and oxygen atoms in total. The van der Waals surface area contributed by atoms with Gasteiger partial charge in [-0.1, -0.05) is 27.2 Å². The Morgan fingerprint density at radius 2 is 1.90 bits per heavy atom. The van der Waals surface area contributed by atoms with E-state index >= 15 is 0 Å². The van der Waals surface area contributed by atoms with Crippen LogP contribution in [-0.2, 0) is 0 Å². The highest BCUT2D eigenvalue weighted by molar-refractivity contribution is 5.74. The van der Waals surface area contributed by atoms with Gasteiger partial charge in [0.15, 0.2) is 0 Å². The first-order valence-corrected chi connectivity index (χ1v) is 8.12. The molecule has 1 aliphatic carbocycles. The molecule has 4 heteroatoms. The Balaban J connectivity index is 2.09. The van der Waals surface area contributed by atoms with E-state index in [1.165, 1.54) is 19.3 Å². The Bertz CT molecular complexity index is 284. The lowest BCUT2D eigenvalue weighted by atomic mass is 9.85. The van der Waals surface area contributed by atoms with Crippen molar-refractivity contribution in [1.29, 1.82) is 0 Å². The van der Waals surface area contributed by atoms with Crippen molar-refractivity contribution in [2.24, 2.45) is 11.3 Å². The zero-order valence-electron chi connectivity index (χ0n) is 13.4. The molecule has 1 rings (SSSR count). The molecule has 0 bridgehead atoms. The molecule has 0 saturated heterocycles. The Labute approximate surface area is 123 Å². The average Bonchev–Trinajstić information content (AvgIpc) is 2.44. The summed E-state index contributed by atoms with van der Waals surface area (Å²) in [6.45, 7) is 7.21. The first-order chi connectivity index (χ1) is 9.46. The van der Waals surface area contributed by atoms with Gasteiger partial charge in [-0.05, 0) is 49.9 Å². The number of hydrogen-bond donors (Lipinski definition) is 3. The van der Waals surface area contributed by atoms with Crippen LogP contribution in [0.2, 0.25) is 0 Å². The number of rotatable bonds is 7. The van der Waals surface area contributed by atoms with Gasteiger partial charge >= 0.3 is 6.03 Å². The van der Waals surface area contributed by atoms with Crippen LogP contribution < -0.4 is 10.6 Å². The molecule has 1 fully saturated rings. The van der Waals surface area contributed by atoms with Gasteiger partial charge in [0.25, 0.3) is 0 Å². The molecular weight excluding hydrogens is 252 g/mol. The molecule has 0 aromatic carbocycles. The second kappa shape index (κ2) is 8.50. The van der Waals surface area contributed by atoms with Gasteiger partial charge in [-0.25, -0.2) is 4.79 Å². The van der Waals surface area contributed by atoms with E-state index in [0.29, 0.717) is 12.6 Å². The molecule has 1 saturated carbocycles. The number of carbonyl (C=O) groups is 1. The van der Waals surface area contributed by atoms with Crippen LogP contribution in [0, 0.1) is 11.3 Å². The number of urea groups is 1. The highest BCUT2D eigenvalue weighted by Crippen LogP contribution is 2.26. The predicted octanol–water partition coefficient (Wildman–Crippen LogP) is 3.05. The van der Waals surface area contributed by atoms with E-state index in [9.17, 15) is 4.79 Å².